The van der Waals surface area contributed by atoms with Gasteiger partial charge in [0.05, 0.1) is 0 Å². The van der Waals surface area contributed by atoms with Crippen molar-refractivity contribution in [1.29, 1.82) is 0 Å². The first-order chi connectivity index (χ1) is 7.01. The van der Waals surface area contributed by atoms with Crippen LogP contribution < -0.4 is 11.1 Å². The van der Waals surface area contributed by atoms with Crippen LogP contribution in [0.25, 0.3) is 0 Å². The van der Waals surface area contributed by atoms with Crippen LogP contribution in [0.15, 0.2) is 5.16 Å². The quantitative estimate of drug-likeness (QED) is 0.269. The lowest BCUT2D eigenvalue weighted by atomic mass is 10.2. The Morgan fingerprint density at radius 3 is 2.60 bits per heavy atom. The number of urea groups is 1. The Labute approximate surface area is 90.1 Å². The van der Waals surface area contributed by atoms with Crippen LogP contribution in [0.5, 0.6) is 0 Å². The van der Waals surface area contributed by atoms with Crippen LogP contribution in [0, 0.1) is 5.92 Å². The zero-order valence-electron chi connectivity index (χ0n) is 9.53. The highest BCUT2D eigenvalue weighted by molar-refractivity contribution is 5.80. The molecule has 6 heteroatoms. The Bertz CT molecular complexity index is 228. The second-order valence-electron chi connectivity index (χ2n) is 3.74. The van der Waals surface area contributed by atoms with E-state index in [0.29, 0.717) is 25.4 Å². The van der Waals surface area contributed by atoms with Crippen molar-refractivity contribution < 1.29 is 10.0 Å². The minimum Gasteiger partial charge on any atom is -0.409 e. The highest BCUT2D eigenvalue weighted by Gasteiger charge is 2.13. The van der Waals surface area contributed by atoms with Crippen molar-refractivity contribution in [3.8, 4) is 0 Å². The highest BCUT2D eigenvalue weighted by atomic mass is 16.4. The first kappa shape index (κ1) is 13.5. The summed E-state index contributed by atoms with van der Waals surface area (Å²) in [5.41, 5.74) is 5.34. The van der Waals surface area contributed by atoms with Gasteiger partial charge in [0.1, 0.15) is 5.84 Å². The zero-order chi connectivity index (χ0) is 11.8. The summed E-state index contributed by atoms with van der Waals surface area (Å²) in [6.45, 7) is 5.16. The van der Waals surface area contributed by atoms with Crippen molar-refractivity contribution in [2.24, 2.45) is 16.8 Å². The third-order valence-corrected chi connectivity index (χ3v) is 1.85. The normalized spacial score (nSPS) is 11.6. The first-order valence-electron chi connectivity index (χ1n) is 4.94. The molecule has 2 amide bonds. The van der Waals surface area contributed by atoms with Crippen molar-refractivity contribution >= 4 is 11.9 Å². The number of amidine groups is 1. The number of nitrogens with one attached hydrogen (secondary N) is 1. The third kappa shape index (κ3) is 5.77. The van der Waals surface area contributed by atoms with Crippen LogP contribution in [-0.2, 0) is 0 Å². The minimum absolute atomic E-state index is 0.132. The van der Waals surface area contributed by atoms with Crippen LogP contribution >= 0.6 is 0 Å². The number of nitrogens with zero attached hydrogens (tertiary/aromatic N) is 2. The second kappa shape index (κ2) is 6.92. The average Bonchev–Trinajstić information content (AvgIpc) is 2.21. The van der Waals surface area contributed by atoms with Gasteiger partial charge >= 0.3 is 6.03 Å². The molecule has 0 fully saturated rings. The van der Waals surface area contributed by atoms with Gasteiger partial charge in [0.25, 0.3) is 0 Å². The van der Waals surface area contributed by atoms with Crippen LogP contribution in [0.4, 0.5) is 4.79 Å². The van der Waals surface area contributed by atoms with Crippen molar-refractivity contribution in [1.82, 2.24) is 10.2 Å². The number of hydrogen-bond acceptors (Lipinski definition) is 3. The summed E-state index contributed by atoms with van der Waals surface area (Å²) in [6, 6.07) is -0.144. The Kier molecular flexibility index (Phi) is 6.24. The highest BCUT2D eigenvalue weighted by Crippen LogP contribution is 2.00. The lowest BCUT2D eigenvalue weighted by Gasteiger charge is -2.23. The molecule has 0 rings (SSSR count). The molecule has 0 heterocycles. The van der Waals surface area contributed by atoms with E-state index in [9.17, 15) is 4.79 Å². The predicted molar refractivity (Wildman–Crippen MR) is 58.9 cm³/mol. The number of carbonyl (C=O) groups is 1. The third-order valence-electron chi connectivity index (χ3n) is 1.85. The van der Waals surface area contributed by atoms with Crippen molar-refractivity contribution in [2.75, 3.05) is 20.1 Å². The SMILES string of the molecule is CNC(=O)N(CCC(N)=NO)CC(C)C. The number of hydrogen-bond donors (Lipinski definition) is 3. The lowest BCUT2D eigenvalue weighted by Crippen LogP contribution is -2.41. The smallest absolute Gasteiger partial charge is 0.317 e. The summed E-state index contributed by atoms with van der Waals surface area (Å²) >= 11 is 0. The fraction of sp³-hybridized carbons (Fsp3) is 0.778. The fourth-order valence-corrected chi connectivity index (χ4v) is 1.17. The Morgan fingerprint density at radius 2 is 2.20 bits per heavy atom. The van der Waals surface area contributed by atoms with E-state index >= 15 is 0 Å². The minimum atomic E-state index is -0.144. The molecule has 0 aromatic rings. The van der Waals surface area contributed by atoms with E-state index in [1.807, 2.05) is 13.8 Å². The molecule has 0 bridgehead atoms. The van der Waals surface area contributed by atoms with Crippen molar-refractivity contribution in [3.63, 3.8) is 0 Å². The molecule has 15 heavy (non-hydrogen) atoms. The molecule has 88 valence electrons. The van der Waals surface area contributed by atoms with E-state index in [1.54, 1.807) is 11.9 Å². The Hall–Kier alpha value is -1.46. The number of carbonyl (C=O) groups excluding carboxylic acids is 1. The van der Waals surface area contributed by atoms with Gasteiger partial charge in [-0.1, -0.05) is 19.0 Å². The number of rotatable bonds is 5. The van der Waals surface area contributed by atoms with Gasteiger partial charge in [0.15, 0.2) is 0 Å². The molecule has 0 spiro atoms. The number of amides is 2. The maximum atomic E-state index is 11.4. The van der Waals surface area contributed by atoms with Gasteiger partial charge in [-0.25, -0.2) is 4.79 Å². The molecule has 0 radical (unpaired) electrons. The van der Waals surface area contributed by atoms with Gasteiger partial charge in [-0.05, 0) is 5.92 Å². The summed E-state index contributed by atoms with van der Waals surface area (Å²) in [5.74, 6) is 0.516. The topological polar surface area (TPSA) is 91.0 Å². The molecule has 0 aliphatic rings. The molecule has 6 nitrogen and oxygen atoms in total. The Morgan fingerprint density at radius 1 is 1.60 bits per heavy atom. The van der Waals surface area contributed by atoms with Gasteiger partial charge in [0, 0.05) is 26.6 Å². The maximum absolute atomic E-state index is 11.4. The van der Waals surface area contributed by atoms with Gasteiger partial charge in [0.2, 0.25) is 0 Å². The number of oxime groups is 1. The van der Waals surface area contributed by atoms with Crippen molar-refractivity contribution in [2.45, 2.75) is 20.3 Å². The standard InChI is InChI=1S/C9H20N4O2/c1-7(2)6-13(9(14)11-3)5-4-8(10)12-15/h7,15H,4-6H2,1-3H3,(H2,10,12)(H,11,14). The van der Waals surface area contributed by atoms with Crippen LogP contribution in [0.3, 0.4) is 0 Å². The zero-order valence-corrected chi connectivity index (χ0v) is 9.53. The maximum Gasteiger partial charge on any atom is 0.317 e. The lowest BCUT2D eigenvalue weighted by molar-refractivity contribution is 0.194. The summed E-state index contributed by atoms with van der Waals surface area (Å²) in [4.78, 5) is 13.1. The molecule has 0 aromatic heterocycles. The largest absolute Gasteiger partial charge is 0.409 e. The molecule has 0 aromatic carbocycles. The summed E-state index contributed by atoms with van der Waals surface area (Å²) in [7, 11) is 1.58. The van der Waals surface area contributed by atoms with E-state index in [2.05, 4.69) is 10.5 Å². The van der Waals surface area contributed by atoms with Crippen LogP contribution in [0.1, 0.15) is 20.3 Å². The monoisotopic (exact) mass is 216 g/mol. The number of nitrogens with two attached hydrogens (primary N) is 1. The van der Waals surface area contributed by atoms with E-state index in [1.165, 1.54) is 0 Å². The molecule has 0 saturated carbocycles. The van der Waals surface area contributed by atoms with E-state index < -0.39 is 0 Å². The summed E-state index contributed by atoms with van der Waals surface area (Å²) in [5, 5.41) is 13.8. The van der Waals surface area contributed by atoms with E-state index in [4.69, 9.17) is 10.9 Å². The first-order valence-corrected chi connectivity index (χ1v) is 4.94. The van der Waals surface area contributed by atoms with Gasteiger partial charge in [-0.3, -0.25) is 0 Å². The second-order valence-corrected chi connectivity index (χ2v) is 3.74. The fourth-order valence-electron chi connectivity index (χ4n) is 1.17. The van der Waals surface area contributed by atoms with E-state index in [-0.39, 0.29) is 11.9 Å². The van der Waals surface area contributed by atoms with Gasteiger partial charge in [-0.15, -0.1) is 0 Å². The Balaban J connectivity index is 4.19. The molecular formula is C9H20N4O2. The molecule has 0 aliphatic carbocycles. The van der Waals surface area contributed by atoms with Crippen molar-refractivity contribution in [3.05, 3.63) is 0 Å². The van der Waals surface area contributed by atoms with Crippen LogP contribution in [-0.4, -0.2) is 42.1 Å². The van der Waals surface area contributed by atoms with Gasteiger partial charge < -0.3 is 21.2 Å². The van der Waals surface area contributed by atoms with E-state index in [0.717, 1.165) is 0 Å². The van der Waals surface area contributed by atoms with Crippen LogP contribution in [0.2, 0.25) is 0 Å². The predicted octanol–water partition coefficient (Wildman–Crippen LogP) is 0.420. The molecule has 4 N–H and O–H groups in total. The molecule has 0 aliphatic heterocycles. The van der Waals surface area contributed by atoms with Gasteiger partial charge in [-0.2, -0.15) is 0 Å². The molecule has 0 saturated heterocycles. The molecule has 0 atom stereocenters. The average molecular weight is 216 g/mol. The summed E-state index contributed by atoms with van der Waals surface area (Å²) < 4.78 is 0. The summed E-state index contributed by atoms with van der Waals surface area (Å²) in [6.07, 6.45) is 0.372. The molecule has 0 unspecified atom stereocenters. The molecular weight excluding hydrogens is 196 g/mol.